The molecule has 51 heavy (non-hydrogen) atoms. The van der Waals surface area contributed by atoms with Crippen LogP contribution < -0.4 is 10.2 Å². The summed E-state index contributed by atoms with van der Waals surface area (Å²) >= 11 is 0. The molecule has 1 radical (unpaired) electrons. The van der Waals surface area contributed by atoms with Gasteiger partial charge in [-0.25, -0.2) is 4.79 Å². The number of fused-ring (bicyclic) bond motifs is 6. The third-order valence-corrected chi connectivity index (χ3v) is 6.89. The Kier molecular flexibility index (Phi) is 15.5. The van der Waals surface area contributed by atoms with Crippen LogP contribution in [0.15, 0.2) is 146 Å². The monoisotopic (exact) mass is 726 g/mol. The summed E-state index contributed by atoms with van der Waals surface area (Å²) < 4.78 is 0. The zero-order valence-electron chi connectivity index (χ0n) is 26.6. The van der Waals surface area contributed by atoms with Crippen LogP contribution in [0.25, 0.3) is 43.6 Å². The fourth-order valence-electron chi connectivity index (χ4n) is 4.55. The summed E-state index contributed by atoms with van der Waals surface area (Å²) in [6.45, 7) is 0. The van der Waals surface area contributed by atoms with Crippen molar-refractivity contribution in [1.82, 2.24) is 19.9 Å². The maximum Gasteiger partial charge on any atom is 2.00 e. The van der Waals surface area contributed by atoms with Crippen LogP contribution in [0.5, 0.6) is 11.5 Å². The first-order chi connectivity index (χ1) is 23.3. The Morgan fingerprint density at radius 3 is 1.12 bits per heavy atom. The van der Waals surface area contributed by atoms with Crippen molar-refractivity contribution in [2.75, 3.05) is 0 Å². The van der Waals surface area contributed by atoms with Crippen molar-refractivity contribution >= 4 is 55.6 Å². The summed E-state index contributed by atoms with van der Waals surface area (Å²) in [5, 5.41) is 42.2. The van der Waals surface area contributed by atoms with Crippen molar-refractivity contribution in [1.29, 1.82) is 0 Å². The van der Waals surface area contributed by atoms with Crippen LogP contribution in [0, 0.1) is 0 Å². The molecule has 0 saturated heterocycles. The molecule has 0 aliphatic heterocycles. The molecule has 0 unspecified atom stereocenters. The number of hydrogen-bond acceptors (Lipinski definition) is 9. The molecular formula is C38H31MnN4O8+. The number of nitrogens with zero attached hydrogens (tertiary/aromatic N) is 4. The quantitative estimate of drug-likeness (QED) is 0.147. The van der Waals surface area contributed by atoms with Gasteiger partial charge < -0.3 is 36.2 Å². The van der Waals surface area contributed by atoms with Crippen LogP contribution in [-0.4, -0.2) is 47.6 Å². The van der Waals surface area contributed by atoms with E-state index in [0.717, 1.165) is 43.6 Å². The fraction of sp³-hybridized carbons (Fsp3) is 0. The number of phenols is 1. The number of carboxylic acid groups (broad SMARTS) is 2. The van der Waals surface area contributed by atoms with E-state index in [1.165, 1.54) is 48.5 Å². The van der Waals surface area contributed by atoms with E-state index in [-0.39, 0.29) is 50.6 Å². The number of hydrogen-bond donors (Lipinski definition) is 2. The Bertz CT molecular complexity index is 2070. The summed E-state index contributed by atoms with van der Waals surface area (Å²) in [5.74, 6) is -2.38. The van der Waals surface area contributed by atoms with E-state index in [9.17, 15) is 19.8 Å². The average molecular weight is 727 g/mol. The Hall–Kier alpha value is -6.50. The molecule has 4 heterocycles. The Balaban J connectivity index is 0.000000234. The van der Waals surface area contributed by atoms with Crippen LogP contribution in [-0.2, 0) is 22.5 Å². The van der Waals surface area contributed by atoms with Crippen molar-refractivity contribution in [3.63, 3.8) is 0 Å². The van der Waals surface area contributed by atoms with Gasteiger partial charge in [-0.1, -0.05) is 60.7 Å². The number of carbonyl (C=O) groups excluding carboxylic acids is 1. The maximum atomic E-state index is 10.5. The van der Waals surface area contributed by atoms with Crippen LogP contribution in [0.3, 0.4) is 0 Å². The van der Waals surface area contributed by atoms with Gasteiger partial charge in [-0.05, 0) is 66.2 Å². The van der Waals surface area contributed by atoms with Crippen LogP contribution >= 0.6 is 0 Å². The molecule has 0 fully saturated rings. The predicted octanol–water partition coefficient (Wildman–Crippen LogP) is 4.03. The van der Waals surface area contributed by atoms with Crippen LogP contribution in [0.4, 0.5) is 0 Å². The number of carboxylic acids is 2. The minimum absolute atomic E-state index is 0. The number of phenolic OH excluding ortho intramolecular Hbond substituents is 1. The zero-order valence-corrected chi connectivity index (χ0v) is 27.8. The number of aromatic carboxylic acids is 2. The van der Waals surface area contributed by atoms with Crippen molar-refractivity contribution < 1.29 is 58.0 Å². The maximum absolute atomic E-state index is 10.5. The van der Waals surface area contributed by atoms with Crippen molar-refractivity contribution in [2.24, 2.45) is 0 Å². The predicted molar refractivity (Wildman–Crippen MR) is 188 cm³/mol. The molecule has 0 atom stereocenters. The molecule has 4 aromatic carbocycles. The van der Waals surface area contributed by atoms with Gasteiger partial charge in [0.05, 0.1) is 33.6 Å². The molecule has 0 bridgehead atoms. The molecule has 257 valence electrons. The Morgan fingerprint density at radius 1 is 0.510 bits per heavy atom. The normalized spacial score (nSPS) is 9.57. The molecule has 8 aromatic rings. The van der Waals surface area contributed by atoms with E-state index in [1.54, 1.807) is 24.8 Å². The van der Waals surface area contributed by atoms with E-state index < -0.39 is 11.9 Å². The molecule has 0 aliphatic carbocycles. The molecule has 12 nitrogen and oxygen atoms in total. The van der Waals surface area contributed by atoms with E-state index >= 15 is 0 Å². The molecule has 0 spiro atoms. The van der Waals surface area contributed by atoms with Gasteiger partial charge in [0.15, 0.2) is 0 Å². The van der Waals surface area contributed by atoms with Crippen LogP contribution in [0.2, 0.25) is 0 Å². The molecule has 0 amide bonds. The summed E-state index contributed by atoms with van der Waals surface area (Å²) in [6, 6.07) is 34.5. The van der Waals surface area contributed by atoms with Crippen molar-refractivity contribution in [2.45, 2.75) is 0 Å². The van der Waals surface area contributed by atoms with Gasteiger partial charge in [-0.2, -0.15) is 0 Å². The second kappa shape index (κ2) is 19.5. The topological polar surface area (TPSA) is 237 Å². The Labute approximate surface area is 301 Å². The number of pyridine rings is 4. The van der Waals surface area contributed by atoms with Gasteiger partial charge in [0.2, 0.25) is 0 Å². The number of carbonyl (C=O) groups is 2. The zero-order chi connectivity index (χ0) is 33.9. The minimum Gasteiger partial charge on any atom is -0.872 e. The smallest absolute Gasteiger partial charge is 0.872 e. The number of benzene rings is 4. The van der Waals surface area contributed by atoms with Crippen molar-refractivity contribution in [3.05, 3.63) is 157 Å². The summed E-state index contributed by atoms with van der Waals surface area (Å²) in [4.78, 5) is 37.7. The first-order valence-corrected chi connectivity index (χ1v) is 14.5. The molecule has 0 aliphatic rings. The summed E-state index contributed by atoms with van der Waals surface area (Å²) in [7, 11) is 0. The van der Waals surface area contributed by atoms with Gasteiger partial charge in [-0.3, -0.25) is 19.9 Å². The van der Waals surface area contributed by atoms with Gasteiger partial charge in [0, 0.05) is 46.3 Å². The van der Waals surface area contributed by atoms with Crippen LogP contribution in [0.1, 0.15) is 20.7 Å². The number of aromatic hydroxyl groups is 1. The molecule has 8 rings (SSSR count). The van der Waals surface area contributed by atoms with E-state index in [2.05, 4.69) is 68.5 Å². The molecule has 13 heteroatoms. The third-order valence-electron chi connectivity index (χ3n) is 6.89. The first kappa shape index (κ1) is 40.7. The van der Waals surface area contributed by atoms with E-state index in [1.807, 2.05) is 24.3 Å². The van der Waals surface area contributed by atoms with E-state index in [4.69, 9.17) is 10.2 Å². The van der Waals surface area contributed by atoms with Crippen molar-refractivity contribution in [3.8, 4) is 11.5 Å². The standard InChI is InChI=1S/2C12H8N2.2C7H6O3.Mn.2H2O/c2*1-3-9-5-6-10-4-2-8-14-12(10)11(9)13-7-1;2*8-6-3-1-5(2-4-6)7(9)10;;;/h2*1-8H;2*1-4,8H,(H,9,10);;2*1H2/q;;;;+2;;/p-1. The number of aromatic nitrogens is 4. The first-order valence-electron chi connectivity index (χ1n) is 14.5. The van der Waals surface area contributed by atoms with E-state index in [0.29, 0.717) is 0 Å². The van der Waals surface area contributed by atoms with Gasteiger partial charge in [0.1, 0.15) is 5.75 Å². The average Bonchev–Trinajstić information content (AvgIpc) is 3.13. The number of rotatable bonds is 2. The fourth-order valence-corrected chi connectivity index (χ4v) is 4.55. The SMILES string of the molecule is O.O=C(O)c1ccc([O-])cc1.O=C([O-])c1ccc(O)cc1.[Mn+2].[OH3+].c1cnc2c(c1)ccc1cccnc12.c1cnc2c(c1)ccc1cccnc12. The van der Waals surface area contributed by atoms with Gasteiger partial charge in [0.25, 0.3) is 0 Å². The molecule has 0 saturated carbocycles. The molecule has 7 N–H and O–H groups in total. The largest absolute Gasteiger partial charge is 2.00 e. The third kappa shape index (κ3) is 10.7. The molecule has 4 aromatic heterocycles. The van der Waals surface area contributed by atoms with Gasteiger partial charge in [-0.15, -0.1) is 5.75 Å². The second-order valence-corrected chi connectivity index (χ2v) is 10.1. The second-order valence-electron chi connectivity index (χ2n) is 10.1. The molecular weight excluding hydrogens is 695 g/mol. The summed E-state index contributed by atoms with van der Waals surface area (Å²) in [5.41, 5.74) is 4.12. The minimum atomic E-state index is -1.24. The summed E-state index contributed by atoms with van der Waals surface area (Å²) in [6.07, 6.45) is 7.21. The van der Waals surface area contributed by atoms with Gasteiger partial charge >= 0.3 is 23.0 Å². The Morgan fingerprint density at radius 2 is 0.824 bits per heavy atom.